The Morgan fingerprint density at radius 3 is 2.72 bits per heavy atom. The summed E-state index contributed by atoms with van der Waals surface area (Å²) < 4.78 is 5.35. The number of aryl methyl sites for hydroxylation is 1. The third kappa shape index (κ3) is 2.14. The van der Waals surface area contributed by atoms with Crippen LogP contribution in [0.25, 0.3) is 22.4 Å². The van der Waals surface area contributed by atoms with Gasteiger partial charge in [0.15, 0.2) is 0 Å². The van der Waals surface area contributed by atoms with E-state index in [9.17, 15) is 0 Å². The molecular weight excluding hydrogens is 275 g/mol. The van der Waals surface area contributed by atoms with Gasteiger partial charge in [-0.2, -0.15) is 0 Å². The lowest BCUT2D eigenvalue weighted by atomic mass is 10.1. The van der Waals surface area contributed by atoms with E-state index in [0.717, 1.165) is 16.5 Å². The molecule has 1 aromatic carbocycles. The van der Waals surface area contributed by atoms with Gasteiger partial charge in [-0.05, 0) is 18.2 Å². The number of aromatic nitrogens is 4. The summed E-state index contributed by atoms with van der Waals surface area (Å²) in [6, 6.07) is 5.54. The van der Waals surface area contributed by atoms with Crippen LogP contribution in [0.1, 0.15) is 5.89 Å². The first-order chi connectivity index (χ1) is 8.24. The van der Waals surface area contributed by atoms with Crippen molar-refractivity contribution in [2.75, 3.05) is 0 Å². The minimum absolute atomic E-state index is 0. The fraction of sp³-hybridized carbons (Fsp3) is 0.0909. The van der Waals surface area contributed by atoms with E-state index in [0.29, 0.717) is 16.9 Å². The van der Waals surface area contributed by atoms with Crippen LogP contribution in [0.2, 0.25) is 5.15 Å². The minimum atomic E-state index is 0. The molecule has 18 heavy (non-hydrogen) atoms. The molecule has 0 amide bonds. The summed E-state index contributed by atoms with van der Waals surface area (Å²) in [5.41, 5.74) is 1.58. The molecule has 0 N–H and O–H groups in total. The van der Waals surface area contributed by atoms with Gasteiger partial charge in [-0.15, -0.1) is 22.6 Å². The van der Waals surface area contributed by atoms with Crippen molar-refractivity contribution in [1.82, 2.24) is 20.2 Å². The van der Waals surface area contributed by atoms with Gasteiger partial charge < -0.3 is 4.42 Å². The van der Waals surface area contributed by atoms with Crippen molar-refractivity contribution in [3.8, 4) is 11.5 Å². The molecule has 5 nitrogen and oxygen atoms in total. The van der Waals surface area contributed by atoms with Crippen LogP contribution in [-0.4, -0.2) is 20.2 Å². The van der Waals surface area contributed by atoms with Crippen LogP contribution in [0.4, 0.5) is 0 Å². The molecule has 0 aliphatic heterocycles. The van der Waals surface area contributed by atoms with E-state index in [2.05, 4.69) is 20.2 Å². The number of nitrogens with zero attached hydrogens (tertiary/aromatic N) is 4. The van der Waals surface area contributed by atoms with E-state index in [4.69, 9.17) is 16.0 Å². The standard InChI is InChI=1S/C11H7ClN4O.ClH/c1-6-15-16-11(17-6)7-2-3-9-8(4-7)10(12)14-5-13-9;/h2-5H,1H3;1H. The van der Waals surface area contributed by atoms with Crippen molar-refractivity contribution in [2.24, 2.45) is 0 Å². The Labute approximate surface area is 114 Å². The zero-order chi connectivity index (χ0) is 11.8. The molecule has 0 saturated carbocycles. The molecular formula is C11H8Cl2N4O. The van der Waals surface area contributed by atoms with Crippen LogP contribution in [-0.2, 0) is 0 Å². The van der Waals surface area contributed by atoms with E-state index < -0.39 is 0 Å². The molecule has 3 rings (SSSR count). The summed E-state index contributed by atoms with van der Waals surface area (Å²) in [5.74, 6) is 0.986. The molecule has 0 radical (unpaired) electrons. The molecule has 0 aliphatic rings. The molecule has 0 fully saturated rings. The summed E-state index contributed by atoms with van der Waals surface area (Å²) >= 11 is 6.00. The summed E-state index contributed by atoms with van der Waals surface area (Å²) in [5, 5.41) is 8.91. The smallest absolute Gasteiger partial charge is 0.247 e. The molecule has 0 spiro atoms. The molecule has 0 bridgehead atoms. The summed E-state index contributed by atoms with van der Waals surface area (Å²) in [4.78, 5) is 8.05. The topological polar surface area (TPSA) is 64.7 Å². The Bertz CT molecular complexity index is 698. The van der Waals surface area contributed by atoms with E-state index in [1.54, 1.807) is 6.92 Å². The summed E-state index contributed by atoms with van der Waals surface area (Å²) in [6.07, 6.45) is 1.43. The molecule has 92 valence electrons. The van der Waals surface area contributed by atoms with Gasteiger partial charge in [-0.1, -0.05) is 11.6 Å². The maximum absolute atomic E-state index is 6.00. The first kappa shape index (κ1) is 12.7. The van der Waals surface area contributed by atoms with Crippen molar-refractivity contribution in [2.45, 2.75) is 6.92 Å². The van der Waals surface area contributed by atoms with Crippen molar-refractivity contribution >= 4 is 34.9 Å². The van der Waals surface area contributed by atoms with Crippen LogP contribution in [0.5, 0.6) is 0 Å². The van der Waals surface area contributed by atoms with Gasteiger partial charge in [0.05, 0.1) is 5.52 Å². The van der Waals surface area contributed by atoms with Crippen LogP contribution in [0.3, 0.4) is 0 Å². The van der Waals surface area contributed by atoms with Gasteiger partial charge in [-0.25, -0.2) is 9.97 Å². The quantitative estimate of drug-likeness (QED) is 0.642. The van der Waals surface area contributed by atoms with Crippen molar-refractivity contribution in [3.05, 3.63) is 35.6 Å². The Kier molecular flexibility index (Phi) is 3.45. The van der Waals surface area contributed by atoms with E-state index in [-0.39, 0.29) is 12.4 Å². The van der Waals surface area contributed by atoms with Crippen molar-refractivity contribution in [3.63, 3.8) is 0 Å². The lowest BCUT2D eigenvalue weighted by Crippen LogP contribution is -1.85. The Morgan fingerprint density at radius 2 is 2.00 bits per heavy atom. The Balaban J connectivity index is 0.00000120. The monoisotopic (exact) mass is 282 g/mol. The lowest BCUT2D eigenvalue weighted by molar-refractivity contribution is 0.533. The zero-order valence-electron chi connectivity index (χ0n) is 9.29. The third-order valence-electron chi connectivity index (χ3n) is 2.36. The fourth-order valence-electron chi connectivity index (χ4n) is 1.57. The van der Waals surface area contributed by atoms with Gasteiger partial charge in [0.1, 0.15) is 11.5 Å². The fourth-order valence-corrected chi connectivity index (χ4v) is 1.77. The second-order valence-corrected chi connectivity index (χ2v) is 3.88. The minimum Gasteiger partial charge on any atom is -0.421 e. The van der Waals surface area contributed by atoms with E-state index in [1.807, 2.05) is 18.2 Å². The Morgan fingerprint density at radius 1 is 1.17 bits per heavy atom. The van der Waals surface area contributed by atoms with Crippen LogP contribution >= 0.6 is 24.0 Å². The maximum Gasteiger partial charge on any atom is 0.247 e. The second-order valence-electron chi connectivity index (χ2n) is 3.52. The van der Waals surface area contributed by atoms with Crippen LogP contribution in [0, 0.1) is 6.92 Å². The SMILES string of the molecule is Cc1nnc(-c2ccc3ncnc(Cl)c3c2)o1.Cl. The molecule has 0 atom stereocenters. The number of rotatable bonds is 1. The first-order valence-corrected chi connectivity index (χ1v) is 5.32. The van der Waals surface area contributed by atoms with E-state index >= 15 is 0 Å². The maximum atomic E-state index is 6.00. The molecule has 7 heteroatoms. The van der Waals surface area contributed by atoms with Gasteiger partial charge >= 0.3 is 0 Å². The number of hydrogen-bond donors (Lipinski definition) is 0. The molecule has 3 aromatic rings. The number of halogens is 2. The van der Waals surface area contributed by atoms with Gasteiger partial charge in [0.2, 0.25) is 11.8 Å². The van der Waals surface area contributed by atoms with Gasteiger partial charge in [-0.3, -0.25) is 0 Å². The molecule has 2 heterocycles. The molecule has 0 unspecified atom stereocenters. The van der Waals surface area contributed by atoms with Crippen LogP contribution < -0.4 is 0 Å². The average molecular weight is 283 g/mol. The van der Waals surface area contributed by atoms with Crippen molar-refractivity contribution in [1.29, 1.82) is 0 Å². The number of benzene rings is 1. The summed E-state index contributed by atoms with van der Waals surface area (Å²) in [7, 11) is 0. The zero-order valence-corrected chi connectivity index (χ0v) is 10.9. The first-order valence-electron chi connectivity index (χ1n) is 4.95. The number of fused-ring (bicyclic) bond motifs is 1. The normalized spacial score (nSPS) is 10.3. The summed E-state index contributed by atoms with van der Waals surface area (Å²) in [6.45, 7) is 1.74. The highest BCUT2D eigenvalue weighted by Gasteiger charge is 2.08. The van der Waals surface area contributed by atoms with Crippen LogP contribution in [0.15, 0.2) is 28.9 Å². The third-order valence-corrected chi connectivity index (χ3v) is 2.66. The average Bonchev–Trinajstić information content (AvgIpc) is 2.76. The number of hydrogen-bond acceptors (Lipinski definition) is 5. The largest absolute Gasteiger partial charge is 0.421 e. The molecule has 0 aliphatic carbocycles. The van der Waals surface area contributed by atoms with Gasteiger partial charge in [0, 0.05) is 17.9 Å². The van der Waals surface area contributed by atoms with E-state index in [1.165, 1.54) is 6.33 Å². The predicted molar refractivity (Wildman–Crippen MR) is 69.8 cm³/mol. The highest BCUT2D eigenvalue weighted by atomic mass is 35.5. The highest BCUT2D eigenvalue weighted by molar-refractivity contribution is 6.34. The molecule has 2 aromatic heterocycles. The lowest BCUT2D eigenvalue weighted by Gasteiger charge is -2.00. The Hall–Kier alpha value is -1.72. The second kappa shape index (κ2) is 4.88. The van der Waals surface area contributed by atoms with Gasteiger partial charge in [0.25, 0.3) is 0 Å². The predicted octanol–water partition coefficient (Wildman–Crippen LogP) is 3.06. The highest BCUT2D eigenvalue weighted by Crippen LogP contribution is 2.25. The van der Waals surface area contributed by atoms with Crippen molar-refractivity contribution < 1.29 is 4.42 Å². The molecule has 0 saturated heterocycles.